The van der Waals surface area contributed by atoms with E-state index in [0.717, 1.165) is 20.9 Å². The average molecular weight is 322 g/mol. The van der Waals surface area contributed by atoms with E-state index in [-0.39, 0.29) is 0 Å². The molecular formula is C13H12BrN3S. The average Bonchev–Trinajstić information content (AvgIpc) is 2.72. The summed E-state index contributed by atoms with van der Waals surface area (Å²) in [6, 6.07) is 8.20. The van der Waals surface area contributed by atoms with E-state index in [1.54, 1.807) is 11.3 Å². The zero-order chi connectivity index (χ0) is 13.1. The smallest absolute Gasteiger partial charge is 0.103 e. The van der Waals surface area contributed by atoms with Crippen LogP contribution in [0.3, 0.4) is 0 Å². The summed E-state index contributed by atoms with van der Waals surface area (Å²) in [4.78, 5) is 5.52. The van der Waals surface area contributed by atoms with Gasteiger partial charge in [-0.3, -0.25) is 4.98 Å². The molecule has 0 fully saturated rings. The Morgan fingerprint density at radius 2 is 2.22 bits per heavy atom. The van der Waals surface area contributed by atoms with Crippen molar-refractivity contribution in [2.24, 2.45) is 0 Å². The van der Waals surface area contributed by atoms with Gasteiger partial charge in [-0.15, -0.1) is 11.3 Å². The summed E-state index contributed by atoms with van der Waals surface area (Å²) in [7, 11) is 0. The highest BCUT2D eigenvalue weighted by atomic mass is 79.9. The van der Waals surface area contributed by atoms with Crippen LogP contribution < -0.4 is 5.32 Å². The van der Waals surface area contributed by atoms with Crippen molar-refractivity contribution in [2.45, 2.75) is 20.4 Å². The molecule has 92 valence electrons. The van der Waals surface area contributed by atoms with Gasteiger partial charge in [0.2, 0.25) is 0 Å². The standard InChI is InChI=1S/C13H12BrN3S/c1-8-5-12(11(6-15)9(2)17-8)16-7-10-3-4-13(14)18-10/h3-5H,7H2,1-2H3,(H,16,17). The predicted molar refractivity (Wildman–Crippen MR) is 77.8 cm³/mol. The van der Waals surface area contributed by atoms with Crippen molar-refractivity contribution >= 4 is 33.0 Å². The summed E-state index contributed by atoms with van der Waals surface area (Å²) in [5, 5.41) is 12.5. The van der Waals surface area contributed by atoms with Crippen molar-refractivity contribution in [1.29, 1.82) is 5.26 Å². The lowest BCUT2D eigenvalue weighted by molar-refractivity contribution is 1.09. The lowest BCUT2D eigenvalue weighted by Crippen LogP contribution is -2.03. The molecule has 0 radical (unpaired) electrons. The van der Waals surface area contributed by atoms with Crippen LogP contribution in [0.1, 0.15) is 21.8 Å². The Morgan fingerprint density at radius 3 is 2.83 bits per heavy atom. The Kier molecular flexibility index (Phi) is 4.00. The number of aromatic nitrogens is 1. The monoisotopic (exact) mass is 321 g/mol. The maximum Gasteiger partial charge on any atom is 0.103 e. The van der Waals surface area contributed by atoms with E-state index in [9.17, 15) is 0 Å². The molecule has 0 saturated heterocycles. The van der Waals surface area contributed by atoms with Crippen molar-refractivity contribution in [3.8, 4) is 6.07 Å². The van der Waals surface area contributed by atoms with E-state index in [1.807, 2.05) is 26.0 Å². The van der Waals surface area contributed by atoms with Gasteiger partial charge in [0.15, 0.2) is 0 Å². The first-order valence-corrected chi connectivity index (χ1v) is 7.07. The number of aryl methyl sites for hydroxylation is 2. The molecule has 0 aliphatic heterocycles. The van der Waals surface area contributed by atoms with E-state index >= 15 is 0 Å². The highest BCUT2D eigenvalue weighted by Crippen LogP contribution is 2.24. The molecule has 2 heterocycles. The number of pyridine rings is 1. The predicted octanol–water partition coefficient (Wildman–Crippen LogP) is 4.01. The third-order valence-electron chi connectivity index (χ3n) is 2.52. The van der Waals surface area contributed by atoms with Crippen LogP contribution in [0, 0.1) is 25.2 Å². The van der Waals surface area contributed by atoms with E-state index in [4.69, 9.17) is 5.26 Å². The van der Waals surface area contributed by atoms with Gasteiger partial charge in [-0.05, 0) is 48.0 Å². The van der Waals surface area contributed by atoms with Crippen LogP contribution in [0.4, 0.5) is 5.69 Å². The minimum atomic E-state index is 0.622. The fraction of sp³-hybridized carbons (Fsp3) is 0.231. The number of nitrogens with one attached hydrogen (secondary N) is 1. The number of anilines is 1. The lowest BCUT2D eigenvalue weighted by atomic mass is 10.1. The second-order valence-electron chi connectivity index (χ2n) is 3.94. The molecule has 1 N–H and O–H groups in total. The summed E-state index contributed by atoms with van der Waals surface area (Å²) < 4.78 is 1.11. The second kappa shape index (κ2) is 5.51. The number of rotatable bonds is 3. The first kappa shape index (κ1) is 13.1. The van der Waals surface area contributed by atoms with Crippen LogP contribution in [0.2, 0.25) is 0 Å². The summed E-state index contributed by atoms with van der Waals surface area (Å²) in [5.41, 5.74) is 3.16. The largest absolute Gasteiger partial charge is 0.379 e. The first-order chi connectivity index (χ1) is 8.60. The number of thiophene rings is 1. The lowest BCUT2D eigenvalue weighted by Gasteiger charge is -2.09. The fourth-order valence-electron chi connectivity index (χ4n) is 1.74. The maximum atomic E-state index is 9.16. The molecular weight excluding hydrogens is 310 g/mol. The van der Waals surface area contributed by atoms with Gasteiger partial charge < -0.3 is 5.32 Å². The van der Waals surface area contributed by atoms with Crippen molar-refractivity contribution in [2.75, 3.05) is 5.32 Å². The van der Waals surface area contributed by atoms with Gasteiger partial charge in [-0.1, -0.05) is 0 Å². The molecule has 3 nitrogen and oxygen atoms in total. The summed E-state index contributed by atoms with van der Waals surface area (Å²) in [5.74, 6) is 0. The molecule has 0 aliphatic rings. The first-order valence-electron chi connectivity index (χ1n) is 5.46. The zero-order valence-electron chi connectivity index (χ0n) is 10.1. The number of hydrogen-bond acceptors (Lipinski definition) is 4. The van der Waals surface area contributed by atoms with Crippen LogP contribution in [0.25, 0.3) is 0 Å². The third-order valence-corrected chi connectivity index (χ3v) is 4.15. The summed E-state index contributed by atoms with van der Waals surface area (Å²) in [6.07, 6.45) is 0. The summed E-state index contributed by atoms with van der Waals surface area (Å²) in [6.45, 7) is 4.51. The molecule has 2 aromatic heterocycles. The van der Waals surface area contributed by atoms with Crippen LogP contribution in [-0.2, 0) is 6.54 Å². The Labute approximate surface area is 119 Å². The van der Waals surface area contributed by atoms with Gasteiger partial charge in [-0.25, -0.2) is 0 Å². The number of halogens is 1. The number of hydrogen-bond donors (Lipinski definition) is 1. The van der Waals surface area contributed by atoms with E-state index in [0.29, 0.717) is 12.1 Å². The van der Waals surface area contributed by atoms with Crippen LogP contribution in [-0.4, -0.2) is 4.98 Å². The molecule has 2 aromatic rings. The Hall–Kier alpha value is -1.38. The quantitative estimate of drug-likeness (QED) is 0.929. The van der Waals surface area contributed by atoms with Crippen LogP contribution >= 0.6 is 27.3 Å². The third kappa shape index (κ3) is 2.89. The molecule has 0 amide bonds. The van der Waals surface area contributed by atoms with E-state index in [1.165, 1.54) is 4.88 Å². The number of nitriles is 1. The molecule has 0 atom stereocenters. The van der Waals surface area contributed by atoms with Gasteiger partial charge in [0.05, 0.1) is 20.7 Å². The minimum Gasteiger partial charge on any atom is -0.379 e. The Morgan fingerprint density at radius 1 is 1.44 bits per heavy atom. The highest BCUT2D eigenvalue weighted by Gasteiger charge is 2.08. The molecule has 2 rings (SSSR count). The minimum absolute atomic E-state index is 0.622. The van der Waals surface area contributed by atoms with E-state index in [2.05, 4.69) is 38.4 Å². The second-order valence-corrected chi connectivity index (χ2v) is 6.49. The normalized spacial score (nSPS) is 10.1. The van der Waals surface area contributed by atoms with Gasteiger partial charge in [-0.2, -0.15) is 5.26 Å². The zero-order valence-corrected chi connectivity index (χ0v) is 12.5. The molecule has 0 unspecified atom stereocenters. The Balaban J connectivity index is 2.21. The highest BCUT2D eigenvalue weighted by molar-refractivity contribution is 9.11. The van der Waals surface area contributed by atoms with Gasteiger partial charge in [0, 0.05) is 17.1 Å². The molecule has 18 heavy (non-hydrogen) atoms. The van der Waals surface area contributed by atoms with Gasteiger partial charge in [0.1, 0.15) is 6.07 Å². The molecule has 5 heteroatoms. The fourth-order valence-corrected chi connectivity index (χ4v) is 3.16. The van der Waals surface area contributed by atoms with Gasteiger partial charge in [0.25, 0.3) is 0 Å². The topological polar surface area (TPSA) is 48.7 Å². The Bertz CT molecular complexity index is 613. The molecule has 0 saturated carbocycles. The van der Waals surface area contributed by atoms with Gasteiger partial charge >= 0.3 is 0 Å². The molecule has 0 spiro atoms. The SMILES string of the molecule is Cc1cc(NCc2ccc(Br)s2)c(C#N)c(C)n1. The van der Waals surface area contributed by atoms with Crippen molar-refractivity contribution in [1.82, 2.24) is 4.98 Å². The van der Waals surface area contributed by atoms with Crippen molar-refractivity contribution in [3.63, 3.8) is 0 Å². The van der Waals surface area contributed by atoms with Crippen LogP contribution in [0.5, 0.6) is 0 Å². The van der Waals surface area contributed by atoms with Crippen molar-refractivity contribution < 1.29 is 0 Å². The molecule has 0 bridgehead atoms. The van der Waals surface area contributed by atoms with E-state index < -0.39 is 0 Å². The van der Waals surface area contributed by atoms with Crippen molar-refractivity contribution in [3.05, 3.63) is 43.8 Å². The molecule has 0 aromatic carbocycles. The number of nitrogens with zero attached hydrogens (tertiary/aromatic N) is 2. The molecule has 0 aliphatic carbocycles. The maximum absolute atomic E-state index is 9.16. The summed E-state index contributed by atoms with van der Waals surface area (Å²) >= 11 is 5.12. The van der Waals surface area contributed by atoms with Crippen LogP contribution in [0.15, 0.2) is 22.0 Å².